The van der Waals surface area contributed by atoms with Crippen LogP contribution in [0.1, 0.15) is 23.8 Å². The highest BCUT2D eigenvalue weighted by Crippen LogP contribution is 2.33. The maximum atomic E-state index is 13.1. The van der Waals surface area contributed by atoms with E-state index >= 15 is 0 Å². The Hall–Kier alpha value is -3.71. The highest BCUT2D eigenvalue weighted by atomic mass is 32.2. The van der Waals surface area contributed by atoms with Crippen LogP contribution < -0.4 is 0 Å². The van der Waals surface area contributed by atoms with Gasteiger partial charge in [-0.05, 0) is 54.1 Å². The Labute approximate surface area is 184 Å². The van der Waals surface area contributed by atoms with E-state index < -0.39 is 0 Å². The largest absolute Gasteiger partial charge is 0.467 e. The van der Waals surface area contributed by atoms with E-state index in [0.29, 0.717) is 22.4 Å². The molecule has 4 rings (SSSR count). The van der Waals surface area contributed by atoms with Crippen LogP contribution in [0.3, 0.4) is 0 Å². The number of carbonyl (C=O) groups is 1. The number of hydrogen-bond donors (Lipinski definition) is 0. The van der Waals surface area contributed by atoms with Crippen LogP contribution in [-0.2, 0) is 11.3 Å². The third kappa shape index (κ3) is 5.46. The zero-order valence-electron chi connectivity index (χ0n) is 16.9. The van der Waals surface area contributed by atoms with Crippen molar-refractivity contribution in [1.82, 2.24) is 9.88 Å². The van der Waals surface area contributed by atoms with Gasteiger partial charge in [-0.15, -0.1) is 5.10 Å². The molecule has 1 amide bonds. The summed E-state index contributed by atoms with van der Waals surface area (Å²) in [6.07, 6.45) is 10.5. The van der Waals surface area contributed by atoms with E-state index in [1.165, 1.54) is 11.8 Å². The lowest BCUT2D eigenvalue weighted by Crippen LogP contribution is -2.28. The number of hydrogen-bond acceptors (Lipinski definition) is 6. The monoisotopic (exact) mass is 428 g/mol. The molecule has 3 heterocycles. The standard InChI is InChI=1S/C24H20N4O2S/c1-18(13-19-7-3-2-4-8-19)14-22-23(29)28(17-21-10-6-12-30-21)24(31-22)27-26-16-20-9-5-11-25-15-20/h2-16H,17H2,1H3/b18-13+,22-14-,26-16-,27-24+. The molecule has 1 saturated heterocycles. The SMILES string of the molecule is CC(/C=C1\S/C(=N/N=C\c2cccnc2)N(Cc2ccco2)C1=O)=C\c1ccccc1. The molecule has 0 aliphatic carbocycles. The lowest BCUT2D eigenvalue weighted by Gasteiger charge is -2.12. The Morgan fingerprint density at radius 2 is 1.97 bits per heavy atom. The Morgan fingerprint density at radius 3 is 2.71 bits per heavy atom. The quantitative estimate of drug-likeness (QED) is 0.310. The number of rotatable bonds is 6. The number of allylic oxidation sites excluding steroid dienone is 2. The second-order valence-electron chi connectivity index (χ2n) is 6.79. The van der Waals surface area contributed by atoms with E-state index in [4.69, 9.17) is 4.42 Å². The Morgan fingerprint density at radius 1 is 1.13 bits per heavy atom. The van der Waals surface area contributed by atoms with Gasteiger partial charge in [0.25, 0.3) is 5.91 Å². The summed E-state index contributed by atoms with van der Waals surface area (Å²) < 4.78 is 5.43. The van der Waals surface area contributed by atoms with E-state index in [-0.39, 0.29) is 5.91 Å². The van der Waals surface area contributed by atoms with Crippen LogP contribution in [0, 0.1) is 0 Å². The van der Waals surface area contributed by atoms with Crippen LogP contribution in [0.4, 0.5) is 0 Å². The topological polar surface area (TPSA) is 71.1 Å². The van der Waals surface area contributed by atoms with Crippen molar-refractivity contribution in [2.45, 2.75) is 13.5 Å². The molecule has 31 heavy (non-hydrogen) atoms. The molecule has 2 aromatic heterocycles. The van der Waals surface area contributed by atoms with Gasteiger partial charge in [-0.25, -0.2) is 0 Å². The molecule has 154 valence electrons. The molecule has 0 atom stereocenters. The normalized spacial score (nSPS) is 17.4. The highest BCUT2D eigenvalue weighted by Gasteiger charge is 2.34. The average molecular weight is 429 g/mol. The Balaban J connectivity index is 1.59. The molecule has 6 nitrogen and oxygen atoms in total. The summed E-state index contributed by atoms with van der Waals surface area (Å²) >= 11 is 1.30. The Bertz CT molecular complexity index is 1150. The molecular formula is C24H20N4O2S. The third-order valence-corrected chi connectivity index (χ3v) is 5.37. The van der Waals surface area contributed by atoms with Crippen LogP contribution in [0.15, 0.2) is 104 Å². The first-order chi connectivity index (χ1) is 15.2. The lowest BCUT2D eigenvalue weighted by atomic mass is 10.1. The molecule has 7 heteroatoms. The van der Waals surface area contributed by atoms with Gasteiger partial charge in [0.15, 0.2) is 5.17 Å². The summed E-state index contributed by atoms with van der Waals surface area (Å²) in [6, 6.07) is 17.3. The average Bonchev–Trinajstić information content (AvgIpc) is 3.40. The van der Waals surface area contributed by atoms with Gasteiger partial charge in [0.1, 0.15) is 5.76 Å². The first-order valence-corrected chi connectivity index (χ1v) is 10.5. The number of benzene rings is 1. The number of thioether (sulfide) groups is 1. The summed E-state index contributed by atoms with van der Waals surface area (Å²) in [5, 5.41) is 8.95. The van der Waals surface area contributed by atoms with Gasteiger partial charge in [0.2, 0.25) is 0 Å². The summed E-state index contributed by atoms with van der Waals surface area (Å²) in [6.45, 7) is 2.26. The molecule has 1 aliphatic rings. The minimum absolute atomic E-state index is 0.127. The number of carbonyl (C=O) groups excluding carboxylic acids is 1. The predicted molar refractivity (Wildman–Crippen MR) is 124 cm³/mol. The van der Waals surface area contributed by atoms with Crippen LogP contribution in [0.25, 0.3) is 6.08 Å². The van der Waals surface area contributed by atoms with Gasteiger partial charge < -0.3 is 4.42 Å². The van der Waals surface area contributed by atoms with Gasteiger partial charge in [-0.3, -0.25) is 14.7 Å². The van der Waals surface area contributed by atoms with E-state index in [1.54, 1.807) is 35.8 Å². The minimum Gasteiger partial charge on any atom is -0.467 e. The summed E-state index contributed by atoms with van der Waals surface area (Å²) in [4.78, 5) is 19.3. The number of nitrogens with zero attached hydrogens (tertiary/aromatic N) is 4. The second kappa shape index (κ2) is 9.86. The van der Waals surface area contributed by atoms with Crippen molar-refractivity contribution in [3.63, 3.8) is 0 Å². The fraction of sp³-hybridized carbons (Fsp3) is 0.0833. The summed E-state index contributed by atoms with van der Waals surface area (Å²) in [7, 11) is 0. The fourth-order valence-corrected chi connectivity index (χ4v) is 3.92. The van der Waals surface area contributed by atoms with Crippen molar-refractivity contribution in [2.75, 3.05) is 0 Å². The van der Waals surface area contributed by atoms with Crippen molar-refractivity contribution >= 4 is 35.1 Å². The van der Waals surface area contributed by atoms with Crippen molar-refractivity contribution in [3.05, 3.63) is 107 Å². The summed E-state index contributed by atoms with van der Waals surface area (Å²) in [5.41, 5.74) is 2.88. The summed E-state index contributed by atoms with van der Waals surface area (Å²) in [5.74, 6) is 0.549. The molecule has 0 unspecified atom stereocenters. The predicted octanol–water partition coefficient (Wildman–Crippen LogP) is 5.13. The van der Waals surface area contributed by atoms with E-state index in [9.17, 15) is 4.79 Å². The number of amides is 1. The molecule has 1 aromatic carbocycles. The minimum atomic E-state index is -0.127. The zero-order chi connectivity index (χ0) is 21.5. The number of aromatic nitrogens is 1. The number of furan rings is 1. The molecule has 0 bridgehead atoms. The highest BCUT2D eigenvalue weighted by molar-refractivity contribution is 8.18. The molecule has 0 spiro atoms. The second-order valence-corrected chi connectivity index (χ2v) is 7.80. The molecule has 3 aromatic rings. The van der Waals surface area contributed by atoms with Crippen molar-refractivity contribution in [1.29, 1.82) is 0 Å². The van der Waals surface area contributed by atoms with Gasteiger partial charge in [-0.2, -0.15) is 5.10 Å². The van der Waals surface area contributed by atoms with E-state index in [0.717, 1.165) is 16.7 Å². The zero-order valence-corrected chi connectivity index (χ0v) is 17.7. The fourth-order valence-electron chi connectivity index (χ4n) is 2.94. The molecule has 0 radical (unpaired) electrons. The molecule has 0 saturated carbocycles. The number of amidine groups is 1. The maximum Gasteiger partial charge on any atom is 0.267 e. The van der Waals surface area contributed by atoms with Gasteiger partial charge in [-0.1, -0.05) is 42.5 Å². The van der Waals surface area contributed by atoms with Crippen molar-refractivity contribution in [2.24, 2.45) is 10.2 Å². The van der Waals surface area contributed by atoms with Gasteiger partial charge in [0.05, 0.1) is 23.9 Å². The Kier molecular flexibility index (Phi) is 6.54. The molecular weight excluding hydrogens is 408 g/mol. The van der Waals surface area contributed by atoms with Crippen molar-refractivity contribution in [3.8, 4) is 0 Å². The first-order valence-electron chi connectivity index (χ1n) is 9.67. The smallest absolute Gasteiger partial charge is 0.267 e. The van der Waals surface area contributed by atoms with E-state index in [2.05, 4.69) is 15.2 Å². The third-order valence-electron chi connectivity index (χ3n) is 4.37. The van der Waals surface area contributed by atoms with Gasteiger partial charge in [0, 0.05) is 18.0 Å². The molecule has 1 aliphatic heterocycles. The number of pyridine rings is 1. The molecule has 1 fully saturated rings. The van der Waals surface area contributed by atoms with E-state index in [1.807, 2.05) is 67.6 Å². The van der Waals surface area contributed by atoms with Crippen LogP contribution >= 0.6 is 11.8 Å². The lowest BCUT2D eigenvalue weighted by molar-refractivity contribution is -0.122. The van der Waals surface area contributed by atoms with Crippen LogP contribution in [-0.4, -0.2) is 27.2 Å². The first kappa shape index (κ1) is 20.6. The van der Waals surface area contributed by atoms with Gasteiger partial charge >= 0.3 is 0 Å². The maximum absolute atomic E-state index is 13.1. The van der Waals surface area contributed by atoms with Crippen LogP contribution in [0.2, 0.25) is 0 Å². The molecule has 0 N–H and O–H groups in total. The van der Waals surface area contributed by atoms with Crippen LogP contribution in [0.5, 0.6) is 0 Å². The van der Waals surface area contributed by atoms with Crippen molar-refractivity contribution < 1.29 is 9.21 Å².